The molecule has 4 heteroatoms. The third-order valence-electron chi connectivity index (χ3n) is 2.53. The molecule has 3 N–H and O–H groups in total. The van der Waals surface area contributed by atoms with E-state index < -0.39 is 0 Å². The van der Waals surface area contributed by atoms with Crippen molar-refractivity contribution in [3.05, 3.63) is 18.2 Å². The van der Waals surface area contributed by atoms with E-state index in [9.17, 15) is 0 Å². The molecule has 0 spiro atoms. The van der Waals surface area contributed by atoms with E-state index in [4.69, 9.17) is 10.8 Å². The summed E-state index contributed by atoms with van der Waals surface area (Å²) < 4.78 is 1.91. The lowest BCUT2D eigenvalue weighted by molar-refractivity contribution is 0.0175. The van der Waals surface area contributed by atoms with Crippen LogP contribution in [0.2, 0.25) is 0 Å². The number of hydrogen-bond donors (Lipinski definition) is 2. The molecule has 66 valence electrons. The molecule has 0 aliphatic heterocycles. The third kappa shape index (κ3) is 0.956. The van der Waals surface area contributed by atoms with Crippen LogP contribution in [-0.2, 0) is 12.6 Å². The summed E-state index contributed by atoms with van der Waals surface area (Å²) in [4.78, 5) is 4.00. The number of imidazole rings is 1. The van der Waals surface area contributed by atoms with Crippen LogP contribution in [0.5, 0.6) is 0 Å². The van der Waals surface area contributed by atoms with Gasteiger partial charge in [0.15, 0.2) is 0 Å². The number of aromatic nitrogens is 2. The van der Waals surface area contributed by atoms with Crippen molar-refractivity contribution >= 4 is 0 Å². The molecule has 0 unspecified atom stereocenters. The van der Waals surface area contributed by atoms with E-state index in [1.807, 2.05) is 11.6 Å². The summed E-state index contributed by atoms with van der Waals surface area (Å²) in [6, 6.07) is 0. The van der Waals surface area contributed by atoms with Gasteiger partial charge in [0.05, 0.1) is 23.7 Å². The van der Waals surface area contributed by atoms with E-state index in [2.05, 4.69) is 4.98 Å². The Morgan fingerprint density at radius 1 is 1.75 bits per heavy atom. The number of rotatable bonds is 1. The van der Waals surface area contributed by atoms with Gasteiger partial charge in [0, 0.05) is 13.2 Å². The molecular weight excluding hydrogens is 154 g/mol. The van der Waals surface area contributed by atoms with Crippen LogP contribution in [0.4, 0.5) is 0 Å². The van der Waals surface area contributed by atoms with Gasteiger partial charge in [-0.05, 0) is 12.8 Å². The number of nitrogens with zero attached hydrogens (tertiary/aromatic N) is 2. The van der Waals surface area contributed by atoms with Crippen LogP contribution in [-0.4, -0.2) is 20.8 Å². The van der Waals surface area contributed by atoms with Gasteiger partial charge in [-0.2, -0.15) is 0 Å². The monoisotopic (exact) mass is 167 g/mol. The zero-order chi connectivity index (χ0) is 8.77. The molecule has 1 saturated carbocycles. The Balaban J connectivity index is 2.26. The van der Waals surface area contributed by atoms with Crippen molar-refractivity contribution in [2.24, 2.45) is 12.8 Å². The van der Waals surface area contributed by atoms with Gasteiger partial charge >= 0.3 is 0 Å². The fraction of sp³-hybridized carbons (Fsp3) is 0.625. The summed E-state index contributed by atoms with van der Waals surface area (Å²) in [5.41, 5.74) is 6.70. The van der Waals surface area contributed by atoms with Crippen molar-refractivity contribution in [2.45, 2.75) is 24.5 Å². The predicted octanol–water partition coefficient (Wildman–Crippen LogP) is -0.271. The molecule has 1 aromatic rings. The number of aliphatic hydroxyl groups excluding tert-OH is 1. The van der Waals surface area contributed by atoms with Gasteiger partial charge in [-0.1, -0.05) is 0 Å². The average Bonchev–Trinajstić information content (AvgIpc) is 2.32. The number of hydrogen-bond acceptors (Lipinski definition) is 3. The zero-order valence-corrected chi connectivity index (χ0v) is 7.07. The highest BCUT2D eigenvalue weighted by molar-refractivity contribution is 5.18. The van der Waals surface area contributed by atoms with Crippen LogP contribution in [0.25, 0.3) is 0 Å². The highest BCUT2D eigenvalue weighted by Crippen LogP contribution is 2.38. The summed E-state index contributed by atoms with van der Waals surface area (Å²) >= 11 is 0. The first kappa shape index (κ1) is 7.76. The first-order chi connectivity index (χ1) is 5.62. The van der Waals surface area contributed by atoms with Gasteiger partial charge in [-0.15, -0.1) is 0 Å². The van der Waals surface area contributed by atoms with E-state index in [0.29, 0.717) is 12.8 Å². The lowest BCUT2D eigenvalue weighted by Crippen LogP contribution is -2.52. The Kier molecular flexibility index (Phi) is 1.49. The fourth-order valence-corrected chi connectivity index (χ4v) is 1.83. The minimum absolute atomic E-state index is 0.232. The first-order valence-corrected chi connectivity index (χ1v) is 4.05. The van der Waals surface area contributed by atoms with Gasteiger partial charge in [0.25, 0.3) is 0 Å². The molecule has 1 fully saturated rings. The van der Waals surface area contributed by atoms with Crippen LogP contribution in [0.1, 0.15) is 18.5 Å². The second-order valence-electron chi connectivity index (χ2n) is 3.61. The summed E-state index contributed by atoms with van der Waals surface area (Å²) in [6.07, 6.45) is 4.56. The number of aryl methyl sites for hydroxylation is 1. The van der Waals surface area contributed by atoms with Crippen molar-refractivity contribution in [1.82, 2.24) is 9.55 Å². The third-order valence-corrected chi connectivity index (χ3v) is 2.53. The molecule has 1 aromatic heterocycles. The second kappa shape index (κ2) is 2.31. The Morgan fingerprint density at radius 2 is 2.42 bits per heavy atom. The minimum Gasteiger partial charge on any atom is -0.393 e. The van der Waals surface area contributed by atoms with Gasteiger partial charge in [0.2, 0.25) is 0 Å². The highest BCUT2D eigenvalue weighted by atomic mass is 16.3. The Bertz CT molecular complexity index is 288. The summed E-state index contributed by atoms with van der Waals surface area (Å²) in [5.74, 6) is 0. The highest BCUT2D eigenvalue weighted by Gasteiger charge is 2.43. The van der Waals surface area contributed by atoms with Gasteiger partial charge in [0.1, 0.15) is 0 Å². The van der Waals surface area contributed by atoms with E-state index in [-0.39, 0.29) is 11.6 Å². The van der Waals surface area contributed by atoms with Crippen LogP contribution < -0.4 is 5.73 Å². The van der Waals surface area contributed by atoms with Crippen molar-refractivity contribution < 1.29 is 5.11 Å². The molecule has 0 saturated heterocycles. The maximum Gasteiger partial charge on any atom is 0.0946 e. The predicted molar refractivity (Wildman–Crippen MR) is 44.3 cm³/mol. The molecule has 0 amide bonds. The van der Waals surface area contributed by atoms with E-state index in [1.54, 1.807) is 12.5 Å². The number of aliphatic hydroxyl groups is 1. The van der Waals surface area contributed by atoms with E-state index in [1.165, 1.54) is 0 Å². The van der Waals surface area contributed by atoms with Crippen LogP contribution in [0.15, 0.2) is 12.5 Å². The Hall–Kier alpha value is -0.870. The topological polar surface area (TPSA) is 64.1 Å². The molecule has 1 aliphatic carbocycles. The first-order valence-electron chi connectivity index (χ1n) is 4.05. The van der Waals surface area contributed by atoms with Crippen LogP contribution >= 0.6 is 0 Å². The van der Waals surface area contributed by atoms with Gasteiger partial charge in [-0.3, -0.25) is 0 Å². The average molecular weight is 167 g/mol. The molecule has 0 atom stereocenters. The molecule has 4 nitrogen and oxygen atoms in total. The second-order valence-corrected chi connectivity index (χ2v) is 3.61. The van der Waals surface area contributed by atoms with Crippen LogP contribution in [0.3, 0.4) is 0 Å². The summed E-state index contributed by atoms with van der Waals surface area (Å²) in [5, 5.41) is 9.16. The zero-order valence-electron chi connectivity index (χ0n) is 7.07. The minimum atomic E-state index is -0.343. The van der Waals surface area contributed by atoms with Crippen molar-refractivity contribution in [3.8, 4) is 0 Å². The quantitative estimate of drug-likeness (QED) is 0.605. The number of nitrogens with two attached hydrogens (primary N) is 1. The smallest absolute Gasteiger partial charge is 0.0946 e. The largest absolute Gasteiger partial charge is 0.393 e. The standard InChI is InChI=1S/C8H13N3O/c1-11-5-10-4-7(11)8(9)2-6(12)3-8/h4-6,12H,2-3,9H2,1H3. The van der Waals surface area contributed by atoms with Gasteiger partial charge < -0.3 is 15.4 Å². The van der Waals surface area contributed by atoms with Crippen molar-refractivity contribution in [2.75, 3.05) is 0 Å². The van der Waals surface area contributed by atoms with Crippen LogP contribution in [0, 0.1) is 0 Å². The SMILES string of the molecule is Cn1cncc1C1(N)CC(O)C1. The lowest BCUT2D eigenvalue weighted by Gasteiger charge is -2.42. The summed E-state index contributed by atoms with van der Waals surface area (Å²) in [7, 11) is 1.92. The maximum atomic E-state index is 9.16. The molecule has 1 aliphatic rings. The van der Waals surface area contributed by atoms with Crippen molar-refractivity contribution in [3.63, 3.8) is 0 Å². The molecule has 0 bridgehead atoms. The normalized spacial score (nSPS) is 34.8. The summed E-state index contributed by atoms with van der Waals surface area (Å²) in [6.45, 7) is 0. The van der Waals surface area contributed by atoms with E-state index in [0.717, 1.165) is 5.69 Å². The lowest BCUT2D eigenvalue weighted by atomic mass is 9.73. The molecule has 0 aromatic carbocycles. The Labute approximate surface area is 71.0 Å². The molecule has 0 radical (unpaired) electrons. The fourth-order valence-electron chi connectivity index (χ4n) is 1.83. The molecule has 12 heavy (non-hydrogen) atoms. The van der Waals surface area contributed by atoms with Crippen molar-refractivity contribution in [1.29, 1.82) is 0 Å². The molecule has 2 rings (SSSR count). The maximum absolute atomic E-state index is 9.16. The Morgan fingerprint density at radius 3 is 2.83 bits per heavy atom. The molecule has 1 heterocycles. The van der Waals surface area contributed by atoms with E-state index >= 15 is 0 Å². The molecular formula is C8H13N3O. The van der Waals surface area contributed by atoms with Gasteiger partial charge in [-0.25, -0.2) is 4.98 Å².